The Morgan fingerprint density at radius 2 is 1.67 bits per heavy atom. The number of ether oxygens (including phenoxy) is 2. The molecule has 0 fully saturated rings. The van der Waals surface area contributed by atoms with Crippen molar-refractivity contribution in [3.63, 3.8) is 0 Å². The summed E-state index contributed by atoms with van der Waals surface area (Å²) in [4.78, 5) is 14.4. The van der Waals surface area contributed by atoms with Crippen molar-refractivity contribution < 1.29 is 14.3 Å². The molecule has 2 aromatic carbocycles. The minimum atomic E-state index is -0.322. The van der Waals surface area contributed by atoms with E-state index in [-0.39, 0.29) is 11.9 Å². The maximum atomic E-state index is 12.5. The number of nitrogens with zero attached hydrogens (tertiary/aromatic N) is 1. The monoisotopic (exact) mass is 328 g/mol. The van der Waals surface area contributed by atoms with Crippen LogP contribution in [-0.4, -0.2) is 45.2 Å². The Labute approximate surface area is 143 Å². The summed E-state index contributed by atoms with van der Waals surface area (Å²) < 4.78 is 10.9. The number of benzene rings is 2. The van der Waals surface area contributed by atoms with Gasteiger partial charge in [-0.2, -0.15) is 0 Å². The van der Waals surface area contributed by atoms with Gasteiger partial charge >= 0.3 is 0 Å². The first kappa shape index (κ1) is 17.8. The number of methoxy groups -OCH3 is 1. The molecule has 0 spiro atoms. The molecule has 0 unspecified atom stereocenters. The second-order valence-corrected chi connectivity index (χ2v) is 5.57. The van der Waals surface area contributed by atoms with Gasteiger partial charge in [0.1, 0.15) is 12.6 Å². The normalized spacial score (nSPS) is 11.8. The third-order valence-electron chi connectivity index (χ3n) is 3.61. The maximum Gasteiger partial charge on any atom is 0.242 e. The number of nitrogens with one attached hydrogen (secondary N) is 1. The number of likely N-dealkylation sites (N-methyl/N-ethyl adjacent to an activating group) is 1. The van der Waals surface area contributed by atoms with Crippen LogP contribution in [-0.2, 0) is 4.79 Å². The summed E-state index contributed by atoms with van der Waals surface area (Å²) >= 11 is 0. The van der Waals surface area contributed by atoms with E-state index in [9.17, 15) is 4.79 Å². The van der Waals surface area contributed by atoms with E-state index in [0.717, 1.165) is 5.56 Å². The van der Waals surface area contributed by atoms with Crippen molar-refractivity contribution in [2.75, 3.05) is 34.4 Å². The molecule has 5 nitrogen and oxygen atoms in total. The van der Waals surface area contributed by atoms with Gasteiger partial charge in [0, 0.05) is 0 Å². The summed E-state index contributed by atoms with van der Waals surface area (Å²) in [5, 5.41) is 2.92. The SMILES string of the molecule is COc1ccccc1OCCNC(=O)[C@@H](c1ccccc1)N(C)C. The fraction of sp³-hybridized carbons (Fsp3) is 0.316. The molecule has 24 heavy (non-hydrogen) atoms. The lowest BCUT2D eigenvalue weighted by atomic mass is 10.1. The summed E-state index contributed by atoms with van der Waals surface area (Å²) in [6.45, 7) is 0.801. The van der Waals surface area contributed by atoms with Crippen LogP contribution >= 0.6 is 0 Å². The predicted molar refractivity (Wildman–Crippen MR) is 94.4 cm³/mol. The summed E-state index contributed by atoms with van der Waals surface area (Å²) in [5.74, 6) is 1.30. The van der Waals surface area contributed by atoms with Crippen molar-refractivity contribution in [2.24, 2.45) is 0 Å². The molecule has 0 bridgehead atoms. The van der Waals surface area contributed by atoms with Gasteiger partial charge in [0.05, 0.1) is 13.7 Å². The quantitative estimate of drug-likeness (QED) is 0.757. The molecule has 0 radical (unpaired) electrons. The summed E-state index contributed by atoms with van der Waals surface area (Å²) in [5.41, 5.74) is 0.964. The van der Waals surface area contributed by atoms with Crippen molar-refractivity contribution in [3.05, 3.63) is 60.2 Å². The van der Waals surface area contributed by atoms with Gasteiger partial charge in [-0.1, -0.05) is 42.5 Å². The lowest BCUT2D eigenvalue weighted by Gasteiger charge is -2.23. The molecule has 2 aromatic rings. The van der Waals surface area contributed by atoms with Gasteiger partial charge in [-0.3, -0.25) is 9.69 Å². The highest BCUT2D eigenvalue weighted by Crippen LogP contribution is 2.25. The molecular weight excluding hydrogens is 304 g/mol. The molecule has 0 saturated carbocycles. The lowest BCUT2D eigenvalue weighted by Crippen LogP contribution is -2.38. The number of para-hydroxylation sites is 2. The van der Waals surface area contributed by atoms with E-state index in [1.165, 1.54) is 0 Å². The Balaban J connectivity index is 1.87. The van der Waals surface area contributed by atoms with Crippen LogP contribution in [0.25, 0.3) is 0 Å². The van der Waals surface area contributed by atoms with Crippen molar-refractivity contribution in [3.8, 4) is 11.5 Å². The second kappa shape index (κ2) is 8.93. The Morgan fingerprint density at radius 3 is 2.29 bits per heavy atom. The zero-order valence-corrected chi connectivity index (χ0v) is 14.4. The Hall–Kier alpha value is -2.53. The van der Waals surface area contributed by atoms with Gasteiger partial charge < -0.3 is 14.8 Å². The minimum Gasteiger partial charge on any atom is -0.493 e. The summed E-state index contributed by atoms with van der Waals surface area (Å²) in [6.07, 6.45) is 0. The van der Waals surface area contributed by atoms with E-state index in [1.807, 2.05) is 73.6 Å². The van der Waals surface area contributed by atoms with E-state index in [2.05, 4.69) is 5.32 Å². The first-order valence-electron chi connectivity index (χ1n) is 7.88. The van der Waals surface area contributed by atoms with Crippen LogP contribution in [0.4, 0.5) is 0 Å². The first-order valence-corrected chi connectivity index (χ1v) is 7.88. The molecule has 0 aromatic heterocycles. The fourth-order valence-corrected chi connectivity index (χ4v) is 2.49. The largest absolute Gasteiger partial charge is 0.493 e. The molecule has 0 saturated heterocycles. The number of rotatable bonds is 8. The van der Waals surface area contributed by atoms with Crippen LogP contribution in [0.2, 0.25) is 0 Å². The Bertz CT molecular complexity index is 644. The molecule has 2 rings (SSSR count). The predicted octanol–water partition coefficient (Wildman–Crippen LogP) is 2.49. The zero-order chi connectivity index (χ0) is 17.4. The van der Waals surface area contributed by atoms with Gasteiger partial charge in [-0.25, -0.2) is 0 Å². The van der Waals surface area contributed by atoms with Crippen LogP contribution in [0.3, 0.4) is 0 Å². The number of carbonyl (C=O) groups excluding carboxylic acids is 1. The lowest BCUT2D eigenvalue weighted by molar-refractivity contribution is -0.125. The fourth-order valence-electron chi connectivity index (χ4n) is 2.49. The molecule has 1 atom stereocenters. The van der Waals surface area contributed by atoms with Gasteiger partial charge in [-0.15, -0.1) is 0 Å². The average molecular weight is 328 g/mol. The maximum absolute atomic E-state index is 12.5. The second-order valence-electron chi connectivity index (χ2n) is 5.57. The highest BCUT2D eigenvalue weighted by atomic mass is 16.5. The van der Waals surface area contributed by atoms with E-state index < -0.39 is 0 Å². The number of hydrogen-bond acceptors (Lipinski definition) is 4. The van der Waals surface area contributed by atoms with Crippen molar-refractivity contribution in [2.45, 2.75) is 6.04 Å². The highest BCUT2D eigenvalue weighted by Gasteiger charge is 2.22. The summed E-state index contributed by atoms with van der Waals surface area (Å²) in [7, 11) is 5.39. The number of carbonyl (C=O) groups is 1. The van der Waals surface area contributed by atoms with Gasteiger partial charge in [-0.05, 0) is 31.8 Å². The van der Waals surface area contributed by atoms with E-state index in [0.29, 0.717) is 24.7 Å². The Kier molecular flexibility index (Phi) is 6.63. The van der Waals surface area contributed by atoms with E-state index in [4.69, 9.17) is 9.47 Å². The summed E-state index contributed by atoms with van der Waals surface area (Å²) in [6, 6.07) is 16.8. The number of amides is 1. The van der Waals surface area contributed by atoms with Crippen LogP contribution in [0.15, 0.2) is 54.6 Å². The third kappa shape index (κ3) is 4.73. The molecular formula is C19H24N2O3. The molecule has 1 amide bonds. The van der Waals surface area contributed by atoms with Crippen molar-refractivity contribution in [1.82, 2.24) is 10.2 Å². The average Bonchev–Trinajstić information content (AvgIpc) is 2.60. The molecule has 1 N–H and O–H groups in total. The van der Waals surface area contributed by atoms with Crippen LogP contribution in [0.1, 0.15) is 11.6 Å². The van der Waals surface area contributed by atoms with Gasteiger partial charge in [0.2, 0.25) is 5.91 Å². The van der Waals surface area contributed by atoms with Crippen molar-refractivity contribution >= 4 is 5.91 Å². The highest BCUT2D eigenvalue weighted by molar-refractivity contribution is 5.83. The molecule has 0 aliphatic carbocycles. The topological polar surface area (TPSA) is 50.8 Å². The van der Waals surface area contributed by atoms with Gasteiger partial charge in [0.25, 0.3) is 0 Å². The molecule has 0 aliphatic rings. The van der Waals surface area contributed by atoms with Crippen LogP contribution in [0, 0.1) is 0 Å². The Morgan fingerprint density at radius 1 is 1.04 bits per heavy atom. The van der Waals surface area contributed by atoms with Crippen molar-refractivity contribution in [1.29, 1.82) is 0 Å². The molecule has 5 heteroatoms. The molecule has 0 aliphatic heterocycles. The zero-order valence-electron chi connectivity index (χ0n) is 14.4. The number of hydrogen-bond donors (Lipinski definition) is 1. The molecule has 0 heterocycles. The van der Waals surface area contributed by atoms with Gasteiger partial charge in [0.15, 0.2) is 11.5 Å². The smallest absolute Gasteiger partial charge is 0.242 e. The minimum absolute atomic E-state index is 0.0465. The third-order valence-corrected chi connectivity index (χ3v) is 3.61. The standard InChI is InChI=1S/C19H24N2O3/c1-21(2)18(15-9-5-4-6-10-15)19(22)20-13-14-24-17-12-8-7-11-16(17)23-3/h4-12,18H,13-14H2,1-3H3,(H,20,22)/t18-/m1/s1. The van der Waals surface area contributed by atoms with Crippen LogP contribution in [0.5, 0.6) is 11.5 Å². The van der Waals surface area contributed by atoms with E-state index >= 15 is 0 Å². The van der Waals surface area contributed by atoms with E-state index in [1.54, 1.807) is 7.11 Å². The molecule has 128 valence electrons. The van der Waals surface area contributed by atoms with Crippen LogP contribution < -0.4 is 14.8 Å². The first-order chi connectivity index (χ1) is 11.6.